The number of unbranched alkanes of at least 4 members (excludes halogenated alkanes) is 9. The third-order valence-electron chi connectivity index (χ3n) is 6.85. The van der Waals surface area contributed by atoms with Gasteiger partial charge in [-0.2, -0.15) is 0 Å². The van der Waals surface area contributed by atoms with E-state index in [-0.39, 0.29) is 17.9 Å². The second-order valence-corrected chi connectivity index (χ2v) is 10.0. The van der Waals surface area contributed by atoms with Crippen molar-refractivity contribution in [3.63, 3.8) is 0 Å². The van der Waals surface area contributed by atoms with Crippen LogP contribution in [0.15, 0.2) is 60.7 Å². The van der Waals surface area contributed by atoms with E-state index in [1.807, 2.05) is 48.5 Å². The van der Waals surface area contributed by atoms with Crippen LogP contribution in [-0.2, 0) is 11.2 Å². The quantitative estimate of drug-likeness (QED) is 0.198. The van der Waals surface area contributed by atoms with Gasteiger partial charge in [-0.3, -0.25) is 14.9 Å². The Kier molecular flexibility index (Phi) is 15.5. The lowest BCUT2D eigenvalue weighted by molar-refractivity contribution is -0.122. The van der Waals surface area contributed by atoms with Crippen LogP contribution < -0.4 is 10.6 Å². The Bertz CT molecular complexity index is 838. The molecule has 0 saturated carbocycles. The van der Waals surface area contributed by atoms with Crippen LogP contribution in [-0.4, -0.2) is 23.9 Å². The van der Waals surface area contributed by atoms with Gasteiger partial charge in [-0.15, -0.1) is 0 Å². The Morgan fingerprint density at radius 3 is 1.81 bits per heavy atom. The highest BCUT2D eigenvalue weighted by Gasteiger charge is 2.24. The van der Waals surface area contributed by atoms with Gasteiger partial charge in [0.25, 0.3) is 5.91 Å². The molecule has 0 aromatic heterocycles. The van der Waals surface area contributed by atoms with Gasteiger partial charge in [-0.1, -0.05) is 133 Å². The Morgan fingerprint density at radius 2 is 1.22 bits per heavy atom. The van der Waals surface area contributed by atoms with Crippen molar-refractivity contribution in [1.82, 2.24) is 10.6 Å². The van der Waals surface area contributed by atoms with Gasteiger partial charge < -0.3 is 5.32 Å². The molecule has 0 aliphatic rings. The van der Waals surface area contributed by atoms with Crippen LogP contribution in [0.1, 0.15) is 113 Å². The Labute approximate surface area is 219 Å². The number of hydrogen-bond acceptors (Lipinski definition) is 3. The standard InChI is InChI=1S/C32H48N2O2/c1-3-5-6-7-8-9-10-11-12-19-25-29(20-4-2)33-30(26-27-21-15-13-16-22-27)32(36)34-31(35)28-23-17-14-18-24-28/h13-18,21-24,29-30,33H,3-12,19-20,25-26H2,1-2H3,(H,34,35,36). The number of carbonyl (C=O) groups is 2. The van der Waals surface area contributed by atoms with Gasteiger partial charge in [-0.25, -0.2) is 0 Å². The first-order chi connectivity index (χ1) is 17.6. The van der Waals surface area contributed by atoms with Crippen LogP contribution in [0.3, 0.4) is 0 Å². The molecule has 0 fully saturated rings. The second kappa shape index (κ2) is 18.8. The molecule has 0 bridgehead atoms. The highest BCUT2D eigenvalue weighted by molar-refractivity contribution is 6.06. The average Bonchev–Trinajstić information content (AvgIpc) is 2.90. The molecule has 4 heteroatoms. The summed E-state index contributed by atoms with van der Waals surface area (Å²) in [5, 5.41) is 6.26. The largest absolute Gasteiger partial charge is 0.303 e. The number of hydrogen-bond donors (Lipinski definition) is 2. The summed E-state index contributed by atoms with van der Waals surface area (Å²) in [6, 6.07) is 18.8. The zero-order valence-corrected chi connectivity index (χ0v) is 22.6. The van der Waals surface area contributed by atoms with Crippen molar-refractivity contribution in [1.29, 1.82) is 0 Å². The van der Waals surface area contributed by atoms with Crippen molar-refractivity contribution in [2.45, 2.75) is 116 Å². The molecule has 0 spiro atoms. The maximum absolute atomic E-state index is 13.2. The molecule has 2 aromatic carbocycles. The maximum atomic E-state index is 13.2. The number of imide groups is 1. The predicted octanol–water partition coefficient (Wildman–Crippen LogP) is 7.62. The van der Waals surface area contributed by atoms with Crippen LogP contribution in [0.4, 0.5) is 0 Å². The lowest BCUT2D eigenvalue weighted by Gasteiger charge is -2.25. The smallest absolute Gasteiger partial charge is 0.257 e. The molecule has 2 rings (SSSR count). The minimum atomic E-state index is -0.445. The molecule has 198 valence electrons. The molecule has 0 radical (unpaired) electrons. The first-order valence-corrected chi connectivity index (χ1v) is 14.3. The summed E-state index contributed by atoms with van der Waals surface area (Å²) < 4.78 is 0. The van der Waals surface area contributed by atoms with E-state index in [0.29, 0.717) is 12.0 Å². The summed E-state index contributed by atoms with van der Waals surface area (Å²) in [5.74, 6) is -0.598. The maximum Gasteiger partial charge on any atom is 0.257 e. The third-order valence-corrected chi connectivity index (χ3v) is 6.85. The third kappa shape index (κ3) is 12.5. The Balaban J connectivity index is 1.87. The molecule has 0 saturated heterocycles. The number of amides is 2. The Morgan fingerprint density at radius 1 is 0.667 bits per heavy atom. The SMILES string of the molecule is CCCCCCCCCCCCC(CCC)NC(Cc1ccccc1)C(=O)NC(=O)c1ccccc1. The number of carbonyl (C=O) groups excluding carboxylic acids is 2. The highest BCUT2D eigenvalue weighted by atomic mass is 16.2. The Hall–Kier alpha value is -2.46. The van der Waals surface area contributed by atoms with Gasteiger partial charge >= 0.3 is 0 Å². The van der Waals surface area contributed by atoms with Crippen LogP contribution in [0.25, 0.3) is 0 Å². The normalized spacial score (nSPS) is 12.7. The molecule has 2 unspecified atom stereocenters. The first-order valence-electron chi connectivity index (χ1n) is 14.3. The van der Waals surface area contributed by atoms with Gasteiger partial charge in [-0.05, 0) is 37.0 Å². The molecule has 4 nitrogen and oxygen atoms in total. The number of benzene rings is 2. The molecule has 2 N–H and O–H groups in total. The van der Waals surface area contributed by atoms with E-state index in [4.69, 9.17) is 0 Å². The zero-order chi connectivity index (χ0) is 25.8. The summed E-state index contributed by atoms with van der Waals surface area (Å²) in [6.07, 6.45) is 17.0. The second-order valence-electron chi connectivity index (χ2n) is 10.0. The van der Waals surface area contributed by atoms with Gasteiger partial charge in [0.15, 0.2) is 0 Å². The van der Waals surface area contributed by atoms with Crippen molar-refractivity contribution >= 4 is 11.8 Å². The van der Waals surface area contributed by atoms with Gasteiger partial charge in [0.05, 0.1) is 6.04 Å². The molecule has 0 aliphatic heterocycles. The molecule has 36 heavy (non-hydrogen) atoms. The van der Waals surface area contributed by atoms with E-state index >= 15 is 0 Å². The van der Waals surface area contributed by atoms with Gasteiger partial charge in [0.1, 0.15) is 0 Å². The van der Waals surface area contributed by atoms with Crippen molar-refractivity contribution in [3.05, 3.63) is 71.8 Å². The highest BCUT2D eigenvalue weighted by Crippen LogP contribution is 2.15. The molecular weight excluding hydrogens is 444 g/mol. The van der Waals surface area contributed by atoms with Gasteiger partial charge in [0.2, 0.25) is 5.91 Å². The minimum Gasteiger partial charge on any atom is -0.303 e. The first kappa shape index (κ1) is 29.8. The van der Waals surface area contributed by atoms with Gasteiger partial charge in [0, 0.05) is 11.6 Å². The van der Waals surface area contributed by atoms with Crippen LogP contribution in [0.2, 0.25) is 0 Å². The fraction of sp³-hybridized carbons (Fsp3) is 0.562. The van der Waals surface area contributed by atoms with Crippen LogP contribution in [0, 0.1) is 0 Å². The van der Waals surface area contributed by atoms with E-state index < -0.39 is 6.04 Å². The summed E-state index contributed by atoms with van der Waals surface area (Å²) in [6.45, 7) is 4.46. The lowest BCUT2D eigenvalue weighted by atomic mass is 9.99. The summed E-state index contributed by atoms with van der Waals surface area (Å²) >= 11 is 0. The van der Waals surface area contributed by atoms with Crippen molar-refractivity contribution in [2.24, 2.45) is 0 Å². The molecule has 2 aromatic rings. The van der Waals surface area contributed by atoms with Crippen molar-refractivity contribution in [3.8, 4) is 0 Å². The van der Waals surface area contributed by atoms with E-state index in [9.17, 15) is 9.59 Å². The van der Waals surface area contributed by atoms with E-state index in [2.05, 4.69) is 24.5 Å². The van der Waals surface area contributed by atoms with E-state index in [1.54, 1.807) is 12.1 Å². The minimum absolute atomic E-state index is 0.253. The van der Waals surface area contributed by atoms with Crippen molar-refractivity contribution in [2.75, 3.05) is 0 Å². The van der Waals surface area contributed by atoms with E-state index in [1.165, 1.54) is 64.2 Å². The average molecular weight is 493 g/mol. The summed E-state index contributed by atoms with van der Waals surface area (Å²) in [7, 11) is 0. The summed E-state index contributed by atoms with van der Waals surface area (Å²) in [5.41, 5.74) is 1.59. The lowest BCUT2D eigenvalue weighted by Crippen LogP contribution is -2.51. The fourth-order valence-electron chi connectivity index (χ4n) is 4.76. The topological polar surface area (TPSA) is 58.2 Å². The zero-order valence-electron chi connectivity index (χ0n) is 22.6. The van der Waals surface area contributed by atoms with Crippen LogP contribution in [0.5, 0.6) is 0 Å². The fourth-order valence-corrected chi connectivity index (χ4v) is 4.76. The van der Waals surface area contributed by atoms with E-state index in [0.717, 1.165) is 24.8 Å². The number of nitrogens with one attached hydrogen (secondary N) is 2. The molecule has 2 atom stereocenters. The monoisotopic (exact) mass is 492 g/mol. The number of rotatable bonds is 19. The molecule has 0 heterocycles. The van der Waals surface area contributed by atoms with Crippen molar-refractivity contribution < 1.29 is 9.59 Å². The summed E-state index contributed by atoms with van der Waals surface area (Å²) in [4.78, 5) is 25.9. The van der Waals surface area contributed by atoms with Crippen LogP contribution >= 0.6 is 0 Å². The molecule has 2 amide bonds. The molecular formula is C32H48N2O2. The predicted molar refractivity (Wildman–Crippen MR) is 151 cm³/mol. The molecule has 0 aliphatic carbocycles.